The van der Waals surface area contributed by atoms with Crippen molar-refractivity contribution in [3.8, 4) is 11.5 Å². The van der Waals surface area contributed by atoms with E-state index < -0.39 is 0 Å². The highest BCUT2D eigenvalue weighted by Crippen LogP contribution is 2.40. The minimum atomic E-state index is -0.207. The number of hydrogen-bond acceptors (Lipinski definition) is 4. The molecule has 2 saturated heterocycles. The van der Waals surface area contributed by atoms with Gasteiger partial charge >= 0.3 is 0 Å². The number of nitrogens with zero attached hydrogens (tertiary/aromatic N) is 2. The predicted molar refractivity (Wildman–Crippen MR) is 93.6 cm³/mol. The van der Waals surface area contributed by atoms with Gasteiger partial charge in [0.25, 0.3) is 0 Å². The largest absolute Gasteiger partial charge is 0.497 e. The zero-order chi connectivity index (χ0) is 18.0. The Morgan fingerprint density at radius 1 is 1.16 bits per heavy atom. The fraction of sp³-hybridized carbons (Fsp3) is 0.579. The van der Waals surface area contributed by atoms with Gasteiger partial charge in [-0.05, 0) is 37.5 Å². The first-order valence-electron chi connectivity index (χ1n) is 8.81. The molecule has 25 heavy (non-hydrogen) atoms. The summed E-state index contributed by atoms with van der Waals surface area (Å²) in [6.45, 7) is 1.38. The third kappa shape index (κ3) is 3.43. The molecule has 0 spiro atoms. The van der Waals surface area contributed by atoms with Crippen LogP contribution in [0.3, 0.4) is 0 Å². The molecule has 0 radical (unpaired) electrons. The molecule has 0 saturated carbocycles. The van der Waals surface area contributed by atoms with Gasteiger partial charge in [-0.15, -0.1) is 0 Å². The lowest BCUT2D eigenvalue weighted by Gasteiger charge is -2.33. The van der Waals surface area contributed by atoms with E-state index in [1.807, 2.05) is 23.1 Å². The fourth-order valence-corrected chi connectivity index (χ4v) is 3.84. The molecule has 2 aliphatic rings. The molecule has 0 bridgehead atoms. The number of carbonyl (C=O) groups is 2. The van der Waals surface area contributed by atoms with Crippen molar-refractivity contribution in [3.63, 3.8) is 0 Å². The van der Waals surface area contributed by atoms with Crippen LogP contribution in [0.2, 0.25) is 0 Å². The van der Waals surface area contributed by atoms with Crippen LogP contribution in [0, 0.1) is 5.92 Å². The zero-order valence-electron chi connectivity index (χ0n) is 15.2. The van der Waals surface area contributed by atoms with E-state index in [-0.39, 0.29) is 23.8 Å². The van der Waals surface area contributed by atoms with Crippen molar-refractivity contribution in [3.05, 3.63) is 23.8 Å². The number of benzene rings is 1. The molecule has 6 nitrogen and oxygen atoms in total. The summed E-state index contributed by atoms with van der Waals surface area (Å²) in [5, 5.41) is 0. The maximum Gasteiger partial charge on any atom is 0.226 e. The zero-order valence-corrected chi connectivity index (χ0v) is 15.2. The number of piperidine rings is 1. The van der Waals surface area contributed by atoms with Crippen molar-refractivity contribution in [1.82, 2.24) is 9.80 Å². The number of carbonyl (C=O) groups excluding carboxylic acids is 2. The van der Waals surface area contributed by atoms with Gasteiger partial charge in [0.05, 0.1) is 20.3 Å². The number of ether oxygens (including phenoxy) is 2. The lowest BCUT2D eigenvalue weighted by atomic mass is 9.94. The minimum Gasteiger partial charge on any atom is -0.497 e. The van der Waals surface area contributed by atoms with Gasteiger partial charge in [0.2, 0.25) is 11.8 Å². The maximum absolute atomic E-state index is 13.1. The van der Waals surface area contributed by atoms with Crippen LogP contribution < -0.4 is 9.47 Å². The Morgan fingerprint density at radius 3 is 2.64 bits per heavy atom. The number of methoxy groups -OCH3 is 2. The van der Waals surface area contributed by atoms with E-state index in [9.17, 15) is 9.59 Å². The maximum atomic E-state index is 13.1. The van der Waals surface area contributed by atoms with E-state index in [1.165, 1.54) is 0 Å². The first-order chi connectivity index (χ1) is 12.0. The van der Waals surface area contributed by atoms with Crippen LogP contribution in [0.1, 0.15) is 37.3 Å². The monoisotopic (exact) mass is 346 g/mol. The first kappa shape index (κ1) is 17.6. The molecule has 1 aromatic rings. The average molecular weight is 346 g/mol. The first-order valence-corrected chi connectivity index (χ1v) is 8.81. The van der Waals surface area contributed by atoms with Crippen molar-refractivity contribution < 1.29 is 19.1 Å². The van der Waals surface area contributed by atoms with Gasteiger partial charge in [-0.3, -0.25) is 9.59 Å². The Kier molecular flexibility index (Phi) is 5.16. The van der Waals surface area contributed by atoms with Crippen LogP contribution in [-0.2, 0) is 9.59 Å². The highest BCUT2D eigenvalue weighted by Gasteiger charge is 2.38. The Bertz CT molecular complexity index is 661. The van der Waals surface area contributed by atoms with Gasteiger partial charge in [-0.2, -0.15) is 0 Å². The number of likely N-dealkylation sites (tertiary alicyclic amines) is 2. The SMILES string of the molecule is COc1ccc(OC)c([C@@H]2CCCN2C(=O)[C@H]2CCN(C)C(=O)C2)c1. The molecule has 2 fully saturated rings. The van der Waals surface area contributed by atoms with E-state index in [1.54, 1.807) is 26.2 Å². The molecule has 2 heterocycles. The van der Waals surface area contributed by atoms with Crippen LogP contribution in [0.5, 0.6) is 11.5 Å². The summed E-state index contributed by atoms with van der Waals surface area (Å²) in [6, 6.07) is 5.68. The van der Waals surface area contributed by atoms with Gasteiger partial charge < -0.3 is 19.3 Å². The van der Waals surface area contributed by atoms with Crippen molar-refractivity contribution in [2.45, 2.75) is 31.7 Å². The molecule has 0 N–H and O–H groups in total. The second-order valence-corrected chi connectivity index (χ2v) is 6.80. The smallest absolute Gasteiger partial charge is 0.226 e. The Morgan fingerprint density at radius 2 is 1.96 bits per heavy atom. The van der Waals surface area contributed by atoms with Gasteiger partial charge in [-0.25, -0.2) is 0 Å². The van der Waals surface area contributed by atoms with Gasteiger partial charge in [0.15, 0.2) is 0 Å². The summed E-state index contributed by atoms with van der Waals surface area (Å²) >= 11 is 0. The fourth-order valence-electron chi connectivity index (χ4n) is 3.84. The van der Waals surface area contributed by atoms with Crippen molar-refractivity contribution in [2.75, 3.05) is 34.4 Å². The molecule has 0 aromatic heterocycles. The lowest BCUT2D eigenvalue weighted by Crippen LogP contribution is -2.43. The van der Waals surface area contributed by atoms with Crippen LogP contribution in [0.4, 0.5) is 0 Å². The number of hydrogen-bond donors (Lipinski definition) is 0. The molecule has 136 valence electrons. The molecule has 6 heteroatoms. The summed E-state index contributed by atoms with van der Waals surface area (Å²) in [6.07, 6.45) is 2.90. The van der Waals surface area contributed by atoms with Crippen LogP contribution in [-0.4, -0.2) is 56.0 Å². The third-order valence-electron chi connectivity index (χ3n) is 5.34. The molecule has 2 aliphatic heterocycles. The van der Waals surface area contributed by atoms with Crippen LogP contribution in [0.25, 0.3) is 0 Å². The Hall–Kier alpha value is -2.24. The normalized spacial score (nSPS) is 23.7. The van der Waals surface area contributed by atoms with Gasteiger partial charge in [0.1, 0.15) is 11.5 Å². The highest BCUT2D eigenvalue weighted by molar-refractivity contribution is 5.87. The van der Waals surface area contributed by atoms with Crippen molar-refractivity contribution >= 4 is 11.8 Å². The highest BCUT2D eigenvalue weighted by atomic mass is 16.5. The molecular weight excluding hydrogens is 320 g/mol. The van der Waals surface area contributed by atoms with Crippen molar-refractivity contribution in [2.24, 2.45) is 5.92 Å². The summed E-state index contributed by atoms with van der Waals surface area (Å²) in [5.41, 5.74) is 0.979. The van der Waals surface area contributed by atoms with Crippen LogP contribution >= 0.6 is 0 Å². The number of amides is 2. The molecule has 2 amide bonds. The van der Waals surface area contributed by atoms with Crippen molar-refractivity contribution in [1.29, 1.82) is 0 Å². The number of rotatable bonds is 4. The van der Waals surface area contributed by atoms with E-state index in [0.29, 0.717) is 13.0 Å². The minimum absolute atomic E-state index is 0.0210. The van der Waals surface area contributed by atoms with Crippen LogP contribution in [0.15, 0.2) is 18.2 Å². The lowest BCUT2D eigenvalue weighted by molar-refractivity contribution is -0.145. The summed E-state index contributed by atoms with van der Waals surface area (Å²) < 4.78 is 10.9. The second-order valence-electron chi connectivity index (χ2n) is 6.80. The summed E-state index contributed by atoms with van der Waals surface area (Å²) in [5.74, 6) is 1.46. The molecule has 0 unspecified atom stereocenters. The van der Waals surface area contributed by atoms with E-state index >= 15 is 0 Å². The van der Waals surface area contributed by atoms with Gasteiger partial charge in [-0.1, -0.05) is 0 Å². The molecule has 1 aromatic carbocycles. The van der Waals surface area contributed by atoms with E-state index in [0.717, 1.165) is 42.9 Å². The molecule has 0 aliphatic carbocycles. The standard InChI is InChI=1S/C19H26N2O4/c1-20-10-8-13(11-18(20)22)19(23)21-9-4-5-16(21)15-12-14(24-2)6-7-17(15)25-3/h6-7,12-13,16H,4-5,8-11H2,1-3H3/t13-,16-/m0/s1. The summed E-state index contributed by atoms with van der Waals surface area (Å²) in [4.78, 5) is 28.7. The Labute approximate surface area is 148 Å². The van der Waals surface area contributed by atoms with Gasteiger partial charge in [0, 0.05) is 38.0 Å². The molecular formula is C19H26N2O4. The second kappa shape index (κ2) is 7.33. The average Bonchev–Trinajstić information content (AvgIpc) is 3.12. The van der Waals surface area contributed by atoms with E-state index in [4.69, 9.17) is 9.47 Å². The topological polar surface area (TPSA) is 59.1 Å². The molecule has 2 atom stereocenters. The third-order valence-corrected chi connectivity index (χ3v) is 5.34. The Balaban J connectivity index is 1.83. The molecule has 3 rings (SSSR count). The van der Waals surface area contributed by atoms with E-state index in [2.05, 4.69) is 0 Å². The quantitative estimate of drug-likeness (QED) is 0.839. The predicted octanol–water partition coefficient (Wildman–Crippen LogP) is 2.24. The summed E-state index contributed by atoms with van der Waals surface area (Å²) in [7, 11) is 5.07.